The third-order valence-corrected chi connectivity index (χ3v) is 2.81. The van der Waals surface area contributed by atoms with Crippen LogP contribution in [0.5, 0.6) is 0 Å². The van der Waals surface area contributed by atoms with Crippen molar-refractivity contribution in [2.75, 3.05) is 6.61 Å². The van der Waals surface area contributed by atoms with Crippen molar-refractivity contribution in [1.82, 2.24) is 5.32 Å². The van der Waals surface area contributed by atoms with Crippen LogP contribution >= 0.6 is 0 Å². The van der Waals surface area contributed by atoms with Gasteiger partial charge in [0.05, 0.1) is 37.3 Å². The molecule has 24 heavy (non-hydrogen) atoms. The number of carbonyl (C=O) groups excluding carboxylic acids is 1. The normalized spacial score (nSPS) is 12.1. The Labute approximate surface area is 141 Å². The maximum absolute atomic E-state index is 11.7. The first-order chi connectivity index (χ1) is 11.2. The number of hydrogen-bond donors (Lipinski definition) is 2. The molecule has 1 atom stereocenters. The van der Waals surface area contributed by atoms with Gasteiger partial charge < -0.3 is 19.9 Å². The van der Waals surface area contributed by atoms with Gasteiger partial charge in [0.1, 0.15) is 5.60 Å². The molecule has 0 radical (unpaired) electrons. The number of carboxylic acid groups (broad SMARTS) is 1. The maximum Gasteiger partial charge on any atom is 0.407 e. The summed E-state index contributed by atoms with van der Waals surface area (Å²) in [7, 11) is 0. The van der Waals surface area contributed by atoms with Crippen molar-refractivity contribution >= 4 is 12.1 Å². The van der Waals surface area contributed by atoms with Crippen LogP contribution < -0.4 is 5.32 Å². The lowest BCUT2D eigenvalue weighted by Crippen LogP contribution is -2.42. The van der Waals surface area contributed by atoms with Crippen LogP contribution in [0.2, 0.25) is 0 Å². The number of carbonyl (C=O) groups is 2. The molecule has 7 nitrogen and oxygen atoms in total. The average molecular weight is 334 g/mol. The van der Waals surface area contributed by atoms with Gasteiger partial charge in [0.15, 0.2) is 0 Å². The fraction of sp³-hybridized carbons (Fsp3) is 0.471. The summed E-state index contributed by atoms with van der Waals surface area (Å²) in [4.78, 5) is 22.6. The average Bonchev–Trinajstić information content (AvgIpc) is 2.45. The first kappa shape index (κ1) is 19.5. The molecule has 0 saturated heterocycles. The molecule has 1 rings (SSSR count). The van der Waals surface area contributed by atoms with Gasteiger partial charge in [0, 0.05) is 0 Å². The number of benzene rings is 1. The van der Waals surface area contributed by atoms with Gasteiger partial charge in [-0.3, -0.25) is 4.79 Å². The van der Waals surface area contributed by atoms with Crippen LogP contribution in [0.15, 0.2) is 24.3 Å². The molecule has 0 bridgehead atoms. The molecule has 0 fully saturated rings. The van der Waals surface area contributed by atoms with Crippen molar-refractivity contribution in [3.8, 4) is 6.07 Å². The number of hydrogen-bond acceptors (Lipinski definition) is 5. The van der Waals surface area contributed by atoms with Crippen molar-refractivity contribution in [3.05, 3.63) is 35.4 Å². The largest absolute Gasteiger partial charge is 0.481 e. The maximum atomic E-state index is 11.7. The van der Waals surface area contributed by atoms with Crippen LogP contribution in [0, 0.1) is 11.3 Å². The number of ether oxygens (including phenoxy) is 2. The molecule has 0 aliphatic carbocycles. The summed E-state index contributed by atoms with van der Waals surface area (Å²) in [5.74, 6) is -1.04. The highest BCUT2D eigenvalue weighted by Gasteiger charge is 2.21. The Kier molecular flexibility index (Phi) is 7.21. The number of carboxylic acids is 1. The van der Waals surface area contributed by atoms with Crippen molar-refractivity contribution in [1.29, 1.82) is 5.26 Å². The van der Waals surface area contributed by atoms with Crippen LogP contribution in [0.3, 0.4) is 0 Å². The summed E-state index contributed by atoms with van der Waals surface area (Å²) in [6.07, 6.45) is -0.956. The van der Waals surface area contributed by atoms with Crippen LogP contribution in [-0.4, -0.2) is 35.4 Å². The standard InChI is InChI=1S/C17H22N2O5/c1-17(2,3)24-16(22)19-14(8-15(20)21)11-23-10-13-6-4-12(9-18)5-7-13/h4-7,14H,8,10-11H2,1-3H3,(H,19,22)(H,20,21). The molecule has 1 aromatic rings. The zero-order chi connectivity index (χ0) is 18.2. The second-order valence-electron chi connectivity index (χ2n) is 6.26. The highest BCUT2D eigenvalue weighted by atomic mass is 16.6. The minimum Gasteiger partial charge on any atom is -0.481 e. The predicted octanol–water partition coefficient (Wildman–Crippen LogP) is 2.44. The lowest BCUT2D eigenvalue weighted by molar-refractivity contribution is -0.137. The van der Waals surface area contributed by atoms with Crippen molar-refractivity contribution < 1.29 is 24.2 Å². The number of rotatable bonds is 7. The molecule has 0 aliphatic heterocycles. The molecule has 1 unspecified atom stereocenters. The van der Waals surface area contributed by atoms with Gasteiger partial charge in [-0.05, 0) is 38.5 Å². The Morgan fingerprint density at radius 1 is 1.29 bits per heavy atom. The highest BCUT2D eigenvalue weighted by molar-refractivity contribution is 5.71. The van der Waals surface area contributed by atoms with Gasteiger partial charge in [-0.15, -0.1) is 0 Å². The summed E-state index contributed by atoms with van der Waals surface area (Å²) in [5.41, 5.74) is 0.732. The summed E-state index contributed by atoms with van der Waals surface area (Å²) >= 11 is 0. The quantitative estimate of drug-likeness (QED) is 0.793. The highest BCUT2D eigenvalue weighted by Crippen LogP contribution is 2.08. The number of aliphatic carboxylic acids is 1. The second kappa shape index (κ2) is 8.89. The number of amides is 1. The molecule has 0 aromatic heterocycles. The second-order valence-corrected chi connectivity index (χ2v) is 6.26. The molecule has 0 spiro atoms. The number of nitrogens with one attached hydrogen (secondary N) is 1. The lowest BCUT2D eigenvalue weighted by atomic mass is 10.1. The molecule has 1 amide bonds. The van der Waals surface area contributed by atoms with Crippen LogP contribution in [0.4, 0.5) is 4.79 Å². The molecular weight excluding hydrogens is 312 g/mol. The summed E-state index contributed by atoms with van der Waals surface area (Å²) in [6.45, 7) is 5.45. The zero-order valence-corrected chi connectivity index (χ0v) is 14.0. The van der Waals surface area contributed by atoms with E-state index < -0.39 is 23.7 Å². The Bertz CT molecular complexity index is 599. The Morgan fingerprint density at radius 3 is 2.42 bits per heavy atom. The minimum absolute atomic E-state index is 0.0333. The van der Waals surface area contributed by atoms with Gasteiger partial charge in [0.2, 0.25) is 0 Å². The lowest BCUT2D eigenvalue weighted by Gasteiger charge is -2.23. The van der Waals surface area contributed by atoms with Crippen LogP contribution in [0.1, 0.15) is 38.3 Å². The number of nitrogens with zero attached hydrogens (tertiary/aromatic N) is 1. The summed E-state index contributed by atoms with van der Waals surface area (Å²) < 4.78 is 10.6. The fourth-order valence-corrected chi connectivity index (χ4v) is 1.83. The van der Waals surface area contributed by atoms with E-state index in [1.54, 1.807) is 45.0 Å². The van der Waals surface area contributed by atoms with Gasteiger partial charge in [-0.1, -0.05) is 12.1 Å². The molecule has 0 heterocycles. The summed E-state index contributed by atoms with van der Waals surface area (Å²) in [5, 5.41) is 20.2. The van der Waals surface area contributed by atoms with E-state index in [-0.39, 0.29) is 19.6 Å². The Hall–Kier alpha value is -2.59. The van der Waals surface area contributed by atoms with Crippen molar-refractivity contribution in [3.63, 3.8) is 0 Å². The monoisotopic (exact) mass is 334 g/mol. The van der Waals surface area contributed by atoms with Crippen LogP contribution in [-0.2, 0) is 20.9 Å². The number of nitriles is 1. The molecule has 0 aliphatic rings. The minimum atomic E-state index is -1.04. The Morgan fingerprint density at radius 2 is 1.92 bits per heavy atom. The van der Waals surface area contributed by atoms with E-state index in [9.17, 15) is 9.59 Å². The van der Waals surface area contributed by atoms with E-state index >= 15 is 0 Å². The smallest absolute Gasteiger partial charge is 0.407 e. The third-order valence-electron chi connectivity index (χ3n) is 2.81. The van der Waals surface area contributed by atoms with Gasteiger partial charge >= 0.3 is 12.1 Å². The summed E-state index contributed by atoms with van der Waals surface area (Å²) in [6, 6.07) is 8.18. The van der Waals surface area contributed by atoms with Gasteiger partial charge in [-0.25, -0.2) is 4.79 Å². The first-order valence-electron chi connectivity index (χ1n) is 7.47. The molecular formula is C17H22N2O5. The van der Waals surface area contributed by atoms with E-state index in [0.717, 1.165) is 5.56 Å². The van der Waals surface area contributed by atoms with E-state index in [4.69, 9.17) is 19.8 Å². The predicted molar refractivity (Wildman–Crippen MR) is 86.2 cm³/mol. The SMILES string of the molecule is CC(C)(C)OC(=O)NC(COCc1ccc(C#N)cc1)CC(=O)O. The Balaban J connectivity index is 2.51. The first-order valence-corrected chi connectivity index (χ1v) is 7.47. The molecule has 0 saturated carbocycles. The molecule has 2 N–H and O–H groups in total. The van der Waals surface area contributed by atoms with E-state index in [0.29, 0.717) is 5.56 Å². The van der Waals surface area contributed by atoms with Crippen LogP contribution in [0.25, 0.3) is 0 Å². The zero-order valence-electron chi connectivity index (χ0n) is 14.0. The molecule has 7 heteroatoms. The molecule has 130 valence electrons. The molecule has 1 aromatic carbocycles. The third kappa shape index (κ3) is 8.15. The van der Waals surface area contributed by atoms with Gasteiger partial charge in [-0.2, -0.15) is 5.26 Å². The number of alkyl carbamates (subject to hydrolysis) is 1. The van der Waals surface area contributed by atoms with Gasteiger partial charge in [0.25, 0.3) is 0 Å². The topological polar surface area (TPSA) is 109 Å². The van der Waals surface area contributed by atoms with E-state index in [1.165, 1.54) is 0 Å². The van der Waals surface area contributed by atoms with Crippen molar-refractivity contribution in [2.45, 2.75) is 45.4 Å². The fourth-order valence-electron chi connectivity index (χ4n) is 1.83. The van der Waals surface area contributed by atoms with E-state index in [1.807, 2.05) is 6.07 Å². The van der Waals surface area contributed by atoms with E-state index in [2.05, 4.69) is 5.32 Å². The van der Waals surface area contributed by atoms with Crippen molar-refractivity contribution in [2.24, 2.45) is 0 Å².